The SMILES string of the molecule is O=S(=O)=C1CC=c2cccnc2=C1O. The molecular weight excluding hydrogens is 202 g/mol. The molecule has 0 bridgehead atoms. The number of nitrogens with zero attached hydrogens (tertiary/aromatic N) is 1. The molecule has 0 aromatic carbocycles. The second kappa shape index (κ2) is 3.26. The minimum absolute atomic E-state index is 0.00352. The van der Waals surface area contributed by atoms with Gasteiger partial charge in [-0.25, -0.2) is 0 Å². The van der Waals surface area contributed by atoms with Crippen LogP contribution in [0.3, 0.4) is 0 Å². The molecule has 0 saturated heterocycles. The standard InChI is InChI=1S/C9H7NO3S/c11-9-7(14(12)13)4-3-6-2-1-5-10-8(6)9/h1-3,5,11H,4H2. The minimum Gasteiger partial charge on any atom is -0.504 e. The summed E-state index contributed by atoms with van der Waals surface area (Å²) in [6.07, 6.45) is 3.47. The van der Waals surface area contributed by atoms with E-state index in [1.807, 2.05) is 0 Å². The summed E-state index contributed by atoms with van der Waals surface area (Å²) >= 11 is 0. The predicted octanol–water partition coefficient (Wildman–Crippen LogP) is -1.02. The lowest BCUT2D eigenvalue weighted by molar-refractivity contribution is 0.516. The van der Waals surface area contributed by atoms with Crippen molar-refractivity contribution in [2.24, 2.45) is 0 Å². The van der Waals surface area contributed by atoms with E-state index in [-0.39, 0.29) is 17.0 Å². The van der Waals surface area contributed by atoms with Gasteiger partial charge in [-0.2, -0.15) is 8.42 Å². The first-order valence-corrected chi connectivity index (χ1v) is 5.07. The zero-order chi connectivity index (χ0) is 10.1. The molecule has 1 aliphatic carbocycles. The van der Waals surface area contributed by atoms with E-state index in [0.29, 0.717) is 5.35 Å². The third-order valence-corrected chi connectivity index (χ3v) is 2.80. The number of aliphatic hydroxyl groups excluding tert-OH is 1. The van der Waals surface area contributed by atoms with Crippen LogP contribution in [0.5, 0.6) is 0 Å². The molecule has 4 nitrogen and oxygen atoms in total. The van der Waals surface area contributed by atoms with E-state index in [4.69, 9.17) is 0 Å². The molecule has 0 aliphatic heterocycles. The number of aliphatic hydroxyl groups is 1. The maximum Gasteiger partial charge on any atom is 0.221 e. The lowest BCUT2D eigenvalue weighted by Gasteiger charge is -2.03. The first-order valence-electron chi connectivity index (χ1n) is 4.00. The second-order valence-electron chi connectivity index (χ2n) is 2.86. The smallest absolute Gasteiger partial charge is 0.221 e. The highest BCUT2D eigenvalue weighted by Crippen LogP contribution is 1.99. The molecular formula is C9H7NO3S. The van der Waals surface area contributed by atoms with Crippen LogP contribution in [0.1, 0.15) is 6.42 Å². The molecule has 72 valence electrons. The zero-order valence-corrected chi connectivity index (χ0v) is 7.95. The molecule has 1 aliphatic rings. The molecule has 1 aromatic heterocycles. The maximum absolute atomic E-state index is 10.7. The van der Waals surface area contributed by atoms with Crippen LogP contribution in [0.2, 0.25) is 0 Å². The van der Waals surface area contributed by atoms with Crippen LogP contribution in [0.15, 0.2) is 18.3 Å². The third kappa shape index (κ3) is 1.31. The van der Waals surface area contributed by atoms with Crippen molar-refractivity contribution in [2.75, 3.05) is 0 Å². The highest BCUT2D eigenvalue weighted by atomic mass is 32.2. The van der Waals surface area contributed by atoms with Gasteiger partial charge < -0.3 is 5.11 Å². The van der Waals surface area contributed by atoms with Gasteiger partial charge in [0.2, 0.25) is 10.3 Å². The molecule has 0 spiro atoms. The Bertz CT molecular complexity index is 620. The van der Waals surface area contributed by atoms with Crippen LogP contribution in [0.25, 0.3) is 11.8 Å². The van der Waals surface area contributed by atoms with Crippen molar-refractivity contribution in [3.8, 4) is 0 Å². The van der Waals surface area contributed by atoms with Crippen LogP contribution in [-0.4, -0.2) is 23.4 Å². The van der Waals surface area contributed by atoms with Crippen LogP contribution >= 0.6 is 0 Å². The quantitative estimate of drug-likeness (QED) is 0.556. The summed E-state index contributed by atoms with van der Waals surface area (Å²) in [6, 6.07) is 3.52. The minimum atomic E-state index is -2.38. The van der Waals surface area contributed by atoms with Crippen molar-refractivity contribution in [1.29, 1.82) is 0 Å². The van der Waals surface area contributed by atoms with Gasteiger partial charge in [-0.1, -0.05) is 12.1 Å². The predicted molar refractivity (Wildman–Crippen MR) is 52.5 cm³/mol. The number of fused-ring (bicyclic) bond motifs is 1. The first-order chi connectivity index (χ1) is 6.70. The average molecular weight is 209 g/mol. The normalized spacial score (nSPS) is 14.6. The molecule has 1 N–H and O–H groups in total. The molecule has 0 atom stereocenters. The van der Waals surface area contributed by atoms with Crippen LogP contribution in [0, 0.1) is 0 Å². The second-order valence-corrected chi connectivity index (χ2v) is 3.82. The number of hydrogen-bond acceptors (Lipinski definition) is 4. The lowest BCUT2D eigenvalue weighted by atomic mass is 10.1. The van der Waals surface area contributed by atoms with Gasteiger partial charge in [0.05, 0.1) is 0 Å². The zero-order valence-electron chi connectivity index (χ0n) is 7.14. The Balaban J connectivity index is 2.96. The Morgan fingerprint density at radius 3 is 2.93 bits per heavy atom. The molecule has 2 rings (SSSR count). The highest BCUT2D eigenvalue weighted by molar-refractivity contribution is 7.74. The monoisotopic (exact) mass is 209 g/mol. The summed E-state index contributed by atoms with van der Waals surface area (Å²) in [6.45, 7) is 0. The van der Waals surface area contributed by atoms with E-state index < -0.39 is 10.3 Å². The summed E-state index contributed by atoms with van der Waals surface area (Å²) in [5.74, 6) is -0.239. The Morgan fingerprint density at radius 2 is 2.21 bits per heavy atom. The van der Waals surface area contributed by atoms with Gasteiger partial charge >= 0.3 is 0 Å². The van der Waals surface area contributed by atoms with Crippen molar-refractivity contribution in [1.82, 2.24) is 4.98 Å². The van der Waals surface area contributed by atoms with Crippen molar-refractivity contribution in [3.63, 3.8) is 0 Å². The van der Waals surface area contributed by atoms with E-state index >= 15 is 0 Å². The van der Waals surface area contributed by atoms with Crippen molar-refractivity contribution in [2.45, 2.75) is 6.42 Å². The number of aromatic nitrogens is 1. The summed E-state index contributed by atoms with van der Waals surface area (Å²) in [5.41, 5.74) is 0. The molecule has 0 saturated carbocycles. The van der Waals surface area contributed by atoms with Crippen LogP contribution in [0.4, 0.5) is 0 Å². The summed E-state index contributed by atoms with van der Waals surface area (Å²) in [5, 5.41) is 10.7. The van der Waals surface area contributed by atoms with Gasteiger partial charge in [0.25, 0.3) is 0 Å². The Morgan fingerprint density at radius 1 is 1.43 bits per heavy atom. The summed E-state index contributed by atoms with van der Waals surface area (Å²) in [7, 11) is -2.38. The third-order valence-electron chi connectivity index (χ3n) is 2.04. The fourth-order valence-electron chi connectivity index (χ4n) is 1.36. The van der Waals surface area contributed by atoms with Gasteiger partial charge in [-0.05, 0) is 6.07 Å². The van der Waals surface area contributed by atoms with E-state index in [2.05, 4.69) is 4.98 Å². The van der Waals surface area contributed by atoms with Crippen molar-refractivity contribution < 1.29 is 13.5 Å². The molecule has 1 aromatic rings. The van der Waals surface area contributed by atoms with Crippen molar-refractivity contribution >= 4 is 27.0 Å². The fraction of sp³-hybridized carbons (Fsp3) is 0.111. The molecule has 14 heavy (non-hydrogen) atoms. The Hall–Kier alpha value is -1.62. The van der Waals surface area contributed by atoms with Crippen LogP contribution in [-0.2, 0) is 10.3 Å². The van der Waals surface area contributed by atoms with Crippen LogP contribution < -0.4 is 10.6 Å². The molecule has 5 heteroatoms. The Kier molecular flexibility index (Phi) is 2.09. The van der Waals surface area contributed by atoms with Gasteiger partial charge in [0.15, 0.2) is 5.76 Å². The molecule has 0 amide bonds. The summed E-state index contributed by atoms with van der Waals surface area (Å²) in [4.78, 5) is 3.92. The molecule has 0 radical (unpaired) electrons. The number of rotatable bonds is 0. The largest absolute Gasteiger partial charge is 0.504 e. The molecule has 1 heterocycles. The first kappa shape index (κ1) is 8.96. The van der Waals surface area contributed by atoms with E-state index in [0.717, 1.165) is 5.22 Å². The number of pyridine rings is 1. The average Bonchev–Trinajstić information content (AvgIpc) is 2.18. The van der Waals surface area contributed by atoms with Crippen molar-refractivity contribution in [3.05, 3.63) is 28.9 Å². The molecule has 0 fully saturated rings. The highest BCUT2D eigenvalue weighted by Gasteiger charge is 2.12. The van der Waals surface area contributed by atoms with Gasteiger partial charge in [0, 0.05) is 17.8 Å². The van der Waals surface area contributed by atoms with Gasteiger partial charge in [0.1, 0.15) is 10.2 Å². The van der Waals surface area contributed by atoms with Gasteiger partial charge in [-0.3, -0.25) is 4.98 Å². The fourth-order valence-corrected chi connectivity index (χ4v) is 1.83. The Labute approximate surface area is 81.4 Å². The summed E-state index contributed by atoms with van der Waals surface area (Å²) < 4.78 is 21.4. The lowest BCUT2D eigenvalue weighted by Crippen LogP contribution is -2.35. The van der Waals surface area contributed by atoms with E-state index in [9.17, 15) is 13.5 Å². The topological polar surface area (TPSA) is 67.3 Å². The van der Waals surface area contributed by atoms with E-state index in [1.165, 1.54) is 6.20 Å². The van der Waals surface area contributed by atoms with E-state index in [1.54, 1.807) is 18.2 Å². The van der Waals surface area contributed by atoms with Gasteiger partial charge in [-0.15, -0.1) is 0 Å². The molecule has 0 unspecified atom stereocenters. The maximum atomic E-state index is 10.7. The number of hydrogen-bond donors (Lipinski definition) is 1.